The number of aromatic nitrogens is 1. The summed E-state index contributed by atoms with van der Waals surface area (Å²) in [4.78, 5) is 0. The van der Waals surface area contributed by atoms with Crippen LogP contribution in [-0.2, 0) is 12.3 Å². The Morgan fingerprint density at radius 1 is 1.44 bits per heavy atom. The Balaban J connectivity index is 2.24. The first-order valence-electron chi connectivity index (χ1n) is 5.44. The highest BCUT2D eigenvalue weighted by atomic mass is 35.5. The molecule has 1 aromatic heterocycles. The molecule has 0 N–H and O–H groups in total. The molecule has 0 saturated heterocycles. The van der Waals surface area contributed by atoms with Crippen LogP contribution in [0, 0.1) is 0 Å². The van der Waals surface area contributed by atoms with Crippen LogP contribution in [0.5, 0.6) is 0 Å². The predicted octanol–water partition coefficient (Wildman–Crippen LogP) is 3.74. The summed E-state index contributed by atoms with van der Waals surface area (Å²) in [6.07, 6.45) is 0.970. The number of alkyl halides is 1. The van der Waals surface area contributed by atoms with Crippen molar-refractivity contribution in [3.05, 3.63) is 41.1 Å². The highest BCUT2D eigenvalue weighted by molar-refractivity contribution is 6.17. The van der Waals surface area contributed by atoms with Gasteiger partial charge in [-0.3, -0.25) is 0 Å². The first-order valence-corrected chi connectivity index (χ1v) is 5.97. The maximum Gasteiger partial charge on any atom is 0.170 e. The topological polar surface area (TPSA) is 26.0 Å². The highest BCUT2D eigenvalue weighted by Crippen LogP contribution is 2.40. The molecule has 2 aromatic rings. The maximum absolute atomic E-state index is 5.86. The Morgan fingerprint density at radius 3 is 3.06 bits per heavy atom. The zero-order chi connectivity index (χ0) is 11.1. The monoisotopic (exact) mass is 233 g/mol. The van der Waals surface area contributed by atoms with E-state index in [9.17, 15) is 0 Å². The van der Waals surface area contributed by atoms with Crippen LogP contribution in [0.15, 0.2) is 28.8 Å². The predicted molar refractivity (Wildman–Crippen MR) is 63.6 cm³/mol. The van der Waals surface area contributed by atoms with Crippen molar-refractivity contribution in [2.45, 2.75) is 25.1 Å². The summed E-state index contributed by atoms with van der Waals surface area (Å²) < 4.78 is 5.42. The van der Waals surface area contributed by atoms with Crippen LogP contribution in [0.1, 0.15) is 29.7 Å². The van der Waals surface area contributed by atoms with Crippen LogP contribution in [0.3, 0.4) is 0 Å². The zero-order valence-electron chi connectivity index (χ0n) is 9.03. The lowest BCUT2D eigenvalue weighted by Gasteiger charge is -2.20. The van der Waals surface area contributed by atoms with E-state index < -0.39 is 0 Å². The van der Waals surface area contributed by atoms with Crippen molar-refractivity contribution < 1.29 is 4.52 Å². The number of rotatable bonds is 1. The van der Waals surface area contributed by atoms with Crippen molar-refractivity contribution in [2.75, 3.05) is 0 Å². The maximum atomic E-state index is 5.86. The van der Waals surface area contributed by atoms with Gasteiger partial charge in [0.15, 0.2) is 5.76 Å². The lowest BCUT2D eigenvalue weighted by Crippen LogP contribution is -2.07. The van der Waals surface area contributed by atoms with Crippen LogP contribution in [-0.4, -0.2) is 5.16 Å². The van der Waals surface area contributed by atoms with Gasteiger partial charge < -0.3 is 4.52 Å². The van der Waals surface area contributed by atoms with Crippen LogP contribution in [0.4, 0.5) is 0 Å². The van der Waals surface area contributed by atoms with Crippen molar-refractivity contribution in [1.29, 1.82) is 0 Å². The molecule has 0 saturated carbocycles. The fraction of sp³-hybridized carbons (Fsp3) is 0.308. The molecule has 3 heteroatoms. The molecular weight excluding hydrogens is 222 g/mol. The van der Waals surface area contributed by atoms with Gasteiger partial charge in [-0.1, -0.05) is 36.3 Å². The zero-order valence-corrected chi connectivity index (χ0v) is 9.79. The molecule has 2 nitrogen and oxygen atoms in total. The number of nitrogens with zero attached hydrogens (tertiary/aromatic N) is 1. The number of hydrogen-bond donors (Lipinski definition) is 0. The van der Waals surface area contributed by atoms with Gasteiger partial charge in [-0.2, -0.15) is 0 Å². The van der Waals surface area contributed by atoms with E-state index in [-0.39, 0.29) is 0 Å². The molecule has 3 rings (SSSR count). The Kier molecular flexibility index (Phi) is 2.25. The van der Waals surface area contributed by atoms with Crippen LogP contribution < -0.4 is 0 Å². The molecule has 1 aliphatic rings. The minimum absolute atomic E-state index is 0.424. The molecule has 1 aliphatic carbocycles. The largest absolute Gasteiger partial charge is 0.356 e. The summed E-state index contributed by atoms with van der Waals surface area (Å²) in [7, 11) is 0. The number of hydrogen-bond acceptors (Lipinski definition) is 2. The number of halogens is 1. The van der Waals surface area contributed by atoms with Gasteiger partial charge in [0.2, 0.25) is 0 Å². The van der Waals surface area contributed by atoms with Crippen LogP contribution in [0.2, 0.25) is 0 Å². The van der Waals surface area contributed by atoms with Gasteiger partial charge >= 0.3 is 0 Å². The number of benzene rings is 1. The number of fused-ring (bicyclic) bond motifs is 3. The second-order valence-corrected chi connectivity index (χ2v) is 4.53. The fourth-order valence-electron chi connectivity index (χ4n) is 2.42. The molecule has 0 aliphatic heterocycles. The lowest BCUT2D eigenvalue weighted by molar-refractivity contribution is 0.424. The Morgan fingerprint density at radius 2 is 2.25 bits per heavy atom. The van der Waals surface area contributed by atoms with Gasteiger partial charge in [0.1, 0.15) is 5.69 Å². The van der Waals surface area contributed by atoms with Gasteiger partial charge in [0.25, 0.3) is 0 Å². The molecule has 0 radical (unpaired) electrons. The Labute approximate surface area is 99.2 Å². The van der Waals surface area contributed by atoms with E-state index in [2.05, 4.69) is 30.3 Å². The minimum Gasteiger partial charge on any atom is -0.356 e. The second-order valence-electron chi connectivity index (χ2n) is 4.26. The van der Waals surface area contributed by atoms with Crippen molar-refractivity contribution in [3.8, 4) is 11.3 Å². The van der Waals surface area contributed by atoms with Gasteiger partial charge in [-0.25, -0.2) is 0 Å². The smallest absolute Gasteiger partial charge is 0.170 e. The third-order valence-corrected chi connectivity index (χ3v) is 3.50. The van der Waals surface area contributed by atoms with Crippen molar-refractivity contribution in [3.63, 3.8) is 0 Å². The van der Waals surface area contributed by atoms with E-state index in [0.29, 0.717) is 11.8 Å². The first kappa shape index (κ1) is 9.91. The van der Waals surface area contributed by atoms with E-state index in [0.717, 1.165) is 17.9 Å². The van der Waals surface area contributed by atoms with E-state index in [1.807, 2.05) is 6.07 Å². The highest BCUT2D eigenvalue weighted by Gasteiger charge is 2.27. The molecule has 1 unspecified atom stereocenters. The first-order chi connectivity index (χ1) is 7.81. The second kappa shape index (κ2) is 3.63. The standard InChI is InChI=1S/C13H12ClNO/c1-8-6-11-12(7-14)15-16-13(11)10-5-3-2-4-9(8)10/h2-5,8H,6-7H2,1H3. The van der Waals surface area contributed by atoms with E-state index in [1.54, 1.807) is 0 Å². The summed E-state index contributed by atoms with van der Waals surface area (Å²) in [5, 5.41) is 4.04. The van der Waals surface area contributed by atoms with E-state index >= 15 is 0 Å². The lowest BCUT2D eigenvalue weighted by atomic mass is 9.82. The summed E-state index contributed by atoms with van der Waals surface area (Å²) in [5.41, 5.74) is 4.58. The molecule has 82 valence electrons. The fourth-order valence-corrected chi connectivity index (χ4v) is 2.63. The third-order valence-electron chi connectivity index (χ3n) is 3.24. The normalized spacial score (nSPS) is 18.0. The summed E-state index contributed by atoms with van der Waals surface area (Å²) in [6.45, 7) is 2.23. The summed E-state index contributed by atoms with van der Waals surface area (Å²) in [6, 6.07) is 8.35. The molecule has 0 spiro atoms. The molecule has 0 amide bonds. The Hall–Kier alpha value is -1.28. The van der Waals surface area contributed by atoms with Gasteiger partial charge in [0, 0.05) is 11.1 Å². The van der Waals surface area contributed by atoms with Crippen LogP contribution in [0.25, 0.3) is 11.3 Å². The average molecular weight is 234 g/mol. The molecular formula is C13H12ClNO. The van der Waals surface area contributed by atoms with Gasteiger partial charge in [-0.15, -0.1) is 11.6 Å². The molecule has 0 bridgehead atoms. The summed E-state index contributed by atoms with van der Waals surface area (Å²) in [5.74, 6) is 1.84. The van der Waals surface area contributed by atoms with Gasteiger partial charge in [0.05, 0.1) is 5.88 Å². The van der Waals surface area contributed by atoms with Crippen molar-refractivity contribution in [2.24, 2.45) is 0 Å². The Bertz CT molecular complexity index is 532. The quantitative estimate of drug-likeness (QED) is 0.702. The minimum atomic E-state index is 0.424. The van der Waals surface area contributed by atoms with Crippen molar-refractivity contribution in [1.82, 2.24) is 5.16 Å². The third kappa shape index (κ3) is 1.30. The van der Waals surface area contributed by atoms with Crippen LogP contribution >= 0.6 is 11.6 Å². The van der Waals surface area contributed by atoms with E-state index in [1.165, 1.54) is 16.7 Å². The molecule has 1 heterocycles. The SMILES string of the molecule is CC1Cc2c(CCl)noc2-c2ccccc21. The summed E-state index contributed by atoms with van der Waals surface area (Å²) >= 11 is 5.86. The van der Waals surface area contributed by atoms with E-state index in [4.69, 9.17) is 16.1 Å². The molecule has 1 atom stereocenters. The van der Waals surface area contributed by atoms with Crippen molar-refractivity contribution >= 4 is 11.6 Å². The average Bonchev–Trinajstić information content (AvgIpc) is 2.72. The molecule has 16 heavy (non-hydrogen) atoms. The van der Waals surface area contributed by atoms with Gasteiger partial charge in [-0.05, 0) is 17.9 Å². The molecule has 0 fully saturated rings. The molecule has 1 aromatic carbocycles.